The van der Waals surface area contributed by atoms with Crippen LogP contribution in [0.1, 0.15) is 16.1 Å². The number of hydrogen-bond acceptors (Lipinski definition) is 2. The number of aromatic amines is 1. The van der Waals surface area contributed by atoms with Crippen molar-refractivity contribution in [2.24, 2.45) is 7.05 Å². The number of aryl methyl sites for hydroxylation is 1. The average molecular weight is 268 g/mol. The molecule has 0 saturated heterocycles. The molecule has 5 nitrogen and oxygen atoms in total. The van der Waals surface area contributed by atoms with Gasteiger partial charge in [-0.1, -0.05) is 6.07 Å². The summed E-state index contributed by atoms with van der Waals surface area (Å²) in [4.78, 5) is 15.2. The summed E-state index contributed by atoms with van der Waals surface area (Å²) in [5.41, 5.74) is 2.75. The molecule has 20 heavy (non-hydrogen) atoms. The molecule has 1 aromatic carbocycles. The maximum atomic E-state index is 12.1. The van der Waals surface area contributed by atoms with E-state index in [-0.39, 0.29) is 5.91 Å². The topological polar surface area (TPSA) is 62.7 Å². The number of hydrogen-bond donors (Lipinski definition) is 2. The Labute approximate surface area is 116 Å². The zero-order chi connectivity index (χ0) is 13.9. The Morgan fingerprint density at radius 1 is 1.35 bits per heavy atom. The highest BCUT2D eigenvalue weighted by molar-refractivity contribution is 5.97. The zero-order valence-electron chi connectivity index (χ0n) is 11.3. The molecule has 0 fully saturated rings. The lowest BCUT2D eigenvalue weighted by Gasteiger charge is -2.06. The molecule has 0 saturated carbocycles. The van der Waals surface area contributed by atoms with Crippen LogP contribution in [0.3, 0.4) is 0 Å². The predicted molar refractivity (Wildman–Crippen MR) is 77.5 cm³/mol. The van der Waals surface area contributed by atoms with Crippen molar-refractivity contribution in [3.63, 3.8) is 0 Å². The minimum atomic E-state index is -0.0522. The van der Waals surface area contributed by atoms with Gasteiger partial charge in [0, 0.05) is 49.2 Å². The molecule has 0 bridgehead atoms. The molecule has 0 spiro atoms. The van der Waals surface area contributed by atoms with Crippen LogP contribution in [0, 0.1) is 0 Å². The van der Waals surface area contributed by atoms with Crippen LogP contribution in [-0.2, 0) is 13.5 Å². The second kappa shape index (κ2) is 5.21. The summed E-state index contributed by atoms with van der Waals surface area (Å²) in [5, 5.41) is 8.14. The zero-order valence-corrected chi connectivity index (χ0v) is 11.3. The standard InChI is InChI=1S/C15H16N4O/c1-19-13(6-9-18-19)5-8-17-15(20)12-3-2-11-4-7-16-14(11)10-12/h2-4,6-7,9-10,16H,5,8H2,1H3,(H,17,20). The van der Waals surface area contributed by atoms with E-state index in [1.807, 2.05) is 48.3 Å². The highest BCUT2D eigenvalue weighted by Crippen LogP contribution is 2.14. The number of H-pyrrole nitrogens is 1. The molecule has 0 aliphatic heterocycles. The van der Waals surface area contributed by atoms with Crippen molar-refractivity contribution < 1.29 is 4.79 Å². The van der Waals surface area contributed by atoms with Crippen molar-refractivity contribution in [3.05, 3.63) is 54.0 Å². The van der Waals surface area contributed by atoms with E-state index in [0.717, 1.165) is 23.0 Å². The van der Waals surface area contributed by atoms with E-state index >= 15 is 0 Å². The van der Waals surface area contributed by atoms with Gasteiger partial charge in [0.25, 0.3) is 5.91 Å². The number of carbonyl (C=O) groups is 1. The second-order valence-electron chi connectivity index (χ2n) is 4.73. The Kier molecular flexibility index (Phi) is 3.25. The van der Waals surface area contributed by atoms with Gasteiger partial charge in [0.1, 0.15) is 0 Å². The third kappa shape index (κ3) is 2.42. The first-order valence-corrected chi connectivity index (χ1v) is 6.56. The third-order valence-corrected chi connectivity index (χ3v) is 3.41. The monoisotopic (exact) mass is 268 g/mol. The van der Waals surface area contributed by atoms with Gasteiger partial charge in [-0.2, -0.15) is 5.10 Å². The molecule has 0 radical (unpaired) electrons. The highest BCUT2D eigenvalue weighted by Gasteiger charge is 2.07. The van der Waals surface area contributed by atoms with Gasteiger partial charge in [-0.15, -0.1) is 0 Å². The number of rotatable bonds is 4. The molecule has 0 atom stereocenters. The van der Waals surface area contributed by atoms with Crippen LogP contribution < -0.4 is 5.32 Å². The summed E-state index contributed by atoms with van der Waals surface area (Å²) >= 11 is 0. The van der Waals surface area contributed by atoms with Gasteiger partial charge in [0.05, 0.1) is 0 Å². The van der Waals surface area contributed by atoms with Crippen molar-refractivity contribution in [2.45, 2.75) is 6.42 Å². The van der Waals surface area contributed by atoms with E-state index in [1.54, 1.807) is 6.20 Å². The Balaban J connectivity index is 1.62. The van der Waals surface area contributed by atoms with Gasteiger partial charge in [0.2, 0.25) is 0 Å². The number of benzene rings is 1. The molecular weight excluding hydrogens is 252 g/mol. The first-order valence-electron chi connectivity index (χ1n) is 6.56. The lowest BCUT2D eigenvalue weighted by Crippen LogP contribution is -2.26. The molecule has 3 aromatic rings. The largest absolute Gasteiger partial charge is 0.361 e. The fourth-order valence-corrected chi connectivity index (χ4v) is 2.24. The van der Waals surface area contributed by atoms with Crippen molar-refractivity contribution in [2.75, 3.05) is 6.54 Å². The van der Waals surface area contributed by atoms with E-state index < -0.39 is 0 Å². The van der Waals surface area contributed by atoms with Crippen LogP contribution in [0.2, 0.25) is 0 Å². The molecule has 5 heteroatoms. The average Bonchev–Trinajstić information content (AvgIpc) is 3.07. The fourth-order valence-electron chi connectivity index (χ4n) is 2.24. The SMILES string of the molecule is Cn1nccc1CCNC(=O)c1ccc2cc[nH]c2c1. The summed E-state index contributed by atoms with van der Waals surface area (Å²) in [7, 11) is 1.90. The number of aromatic nitrogens is 3. The maximum absolute atomic E-state index is 12.1. The molecule has 102 valence electrons. The van der Waals surface area contributed by atoms with Crippen LogP contribution in [-0.4, -0.2) is 27.2 Å². The van der Waals surface area contributed by atoms with E-state index in [0.29, 0.717) is 12.1 Å². The normalized spacial score (nSPS) is 10.8. The minimum Gasteiger partial charge on any atom is -0.361 e. The van der Waals surface area contributed by atoms with Crippen molar-refractivity contribution in [3.8, 4) is 0 Å². The van der Waals surface area contributed by atoms with Crippen LogP contribution in [0.5, 0.6) is 0 Å². The summed E-state index contributed by atoms with van der Waals surface area (Å²) in [6.45, 7) is 0.598. The summed E-state index contributed by atoms with van der Waals surface area (Å²) in [6, 6.07) is 9.60. The molecule has 2 N–H and O–H groups in total. The quantitative estimate of drug-likeness (QED) is 0.759. The van der Waals surface area contributed by atoms with Gasteiger partial charge >= 0.3 is 0 Å². The smallest absolute Gasteiger partial charge is 0.251 e. The highest BCUT2D eigenvalue weighted by atomic mass is 16.1. The van der Waals surface area contributed by atoms with Crippen molar-refractivity contribution >= 4 is 16.8 Å². The van der Waals surface area contributed by atoms with E-state index in [1.165, 1.54) is 0 Å². The van der Waals surface area contributed by atoms with Crippen LogP contribution in [0.15, 0.2) is 42.7 Å². The number of carbonyl (C=O) groups excluding carboxylic acids is 1. The maximum Gasteiger partial charge on any atom is 0.251 e. The lowest BCUT2D eigenvalue weighted by molar-refractivity contribution is 0.0954. The molecule has 0 unspecified atom stereocenters. The number of fused-ring (bicyclic) bond motifs is 1. The third-order valence-electron chi connectivity index (χ3n) is 3.41. The number of nitrogens with one attached hydrogen (secondary N) is 2. The molecule has 2 heterocycles. The molecular formula is C15H16N4O. The lowest BCUT2D eigenvalue weighted by atomic mass is 10.1. The molecule has 0 aliphatic carbocycles. The Morgan fingerprint density at radius 3 is 3.05 bits per heavy atom. The molecule has 0 aliphatic rings. The predicted octanol–water partition coefficient (Wildman–Crippen LogP) is 1.87. The van der Waals surface area contributed by atoms with Gasteiger partial charge in [-0.25, -0.2) is 0 Å². The molecule has 2 aromatic heterocycles. The Morgan fingerprint density at radius 2 is 2.25 bits per heavy atom. The van der Waals surface area contributed by atoms with E-state index in [2.05, 4.69) is 15.4 Å². The first-order chi connectivity index (χ1) is 9.74. The van der Waals surface area contributed by atoms with E-state index in [9.17, 15) is 4.79 Å². The van der Waals surface area contributed by atoms with Crippen LogP contribution >= 0.6 is 0 Å². The van der Waals surface area contributed by atoms with Gasteiger partial charge < -0.3 is 10.3 Å². The minimum absolute atomic E-state index is 0.0522. The van der Waals surface area contributed by atoms with Crippen molar-refractivity contribution in [1.82, 2.24) is 20.1 Å². The fraction of sp³-hybridized carbons (Fsp3) is 0.200. The summed E-state index contributed by atoms with van der Waals surface area (Å²) in [6.07, 6.45) is 4.40. The van der Waals surface area contributed by atoms with Gasteiger partial charge in [-0.05, 0) is 29.7 Å². The van der Waals surface area contributed by atoms with Crippen LogP contribution in [0.25, 0.3) is 10.9 Å². The summed E-state index contributed by atoms with van der Waals surface area (Å²) < 4.78 is 1.82. The van der Waals surface area contributed by atoms with Gasteiger partial charge in [-0.3, -0.25) is 9.48 Å². The number of nitrogens with zero attached hydrogens (tertiary/aromatic N) is 2. The Bertz CT molecular complexity index is 741. The Hall–Kier alpha value is -2.56. The van der Waals surface area contributed by atoms with E-state index in [4.69, 9.17) is 0 Å². The number of amides is 1. The van der Waals surface area contributed by atoms with Gasteiger partial charge in [0.15, 0.2) is 0 Å². The second-order valence-corrected chi connectivity index (χ2v) is 4.73. The van der Waals surface area contributed by atoms with Crippen LogP contribution in [0.4, 0.5) is 0 Å². The van der Waals surface area contributed by atoms with Crippen molar-refractivity contribution in [1.29, 1.82) is 0 Å². The molecule has 1 amide bonds. The summed E-state index contributed by atoms with van der Waals surface area (Å²) in [5.74, 6) is -0.0522. The first kappa shape index (κ1) is 12.5. The molecule has 3 rings (SSSR count).